The Hall–Kier alpha value is -2.90. The van der Waals surface area contributed by atoms with Crippen molar-refractivity contribution in [2.24, 2.45) is 0 Å². The molecule has 0 aliphatic rings. The summed E-state index contributed by atoms with van der Waals surface area (Å²) in [5.41, 5.74) is 5.92. The third kappa shape index (κ3) is 3.10. The Morgan fingerprint density at radius 2 is 2.00 bits per heavy atom. The fraction of sp³-hybridized carbons (Fsp3) is 0.167. The number of amides is 1. The van der Waals surface area contributed by atoms with E-state index in [0.717, 1.165) is 5.56 Å². The molecule has 0 fully saturated rings. The number of carboxylic acids is 1. The second kappa shape index (κ2) is 5.83. The lowest BCUT2D eigenvalue weighted by Crippen LogP contribution is -2.42. The number of nitrogens with one attached hydrogen (secondary N) is 1. The molecule has 2 aromatic rings. The van der Waals surface area contributed by atoms with Crippen molar-refractivity contribution in [3.05, 3.63) is 41.6 Å². The molecule has 1 aromatic carbocycles. The van der Waals surface area contributed by atoms with Gasteiger partial charge in [0.05, 0.1) is 0 Å². The molecule has 1 amide bonds. The van der Waals surface area contributed by atoms with Crippen LogP contribution in [0.25, 0.3) is 0 Å². The van der Waals surface area contributed by atoms with E-state index in [9.17, 15) is 9.59 Å². The van der Waals surface area contributed by atoms with E-state index >= 15 is 0 Å². The highest BCUT2D eigenvalue weighted by atomic mass is 16.6. The maximum absolute atomic E-state index is 11.8. The SMILES string of the molecule is Nc1nonc1C(=O)N[C@H](Cc1ccccc1)C(=O)O. The Kier molecular flexibility index (Phi) is 3.94. The first kappa shape index (κ1) is 13.5. The van der Waals surface area contributed by atoms with Crippen LogP contribution in [-0.4, -0.2) is 33.3 Å². The minimum atomic E-state index is -1.16. The molecule has 8 nitrogen and oxygen atoms in total. The lowest BCUT2D eigenvalue weighted by Gasteiger charge is -2.13. The number of nitrogen functional groups attached to an aromatic ring is 1. The molecule has 0 bridgehead atoms. The van der Waals surface area contributed by atoms with Crippen molar-refractivity contribution < 1.29 is 19.3 Å². The van der Waals surface area contributed by atoms with Crippen LogP contribution < -0.4 is 11.1 Å². The van der Waals surface area contributed by atoms with Crippen LogP contribution in [0, 0.1) is 0 Å². The standard InChI is InChI=1S/C12H12N4O4/c13-10-9(15-20-16-10)11(17)14-8(12(18)19)6-7-4-2-1-3-5-7/h1-5,8H,6H2,(H2,13,16)(H,14,17)(H,18,19)/t8-/m1/s1. The topological polar surface area (TPSA) is 131 Å². The van der Waals surface area contributed by atoms with E-state index in [0.29, 0.717) is 0 Å². The molecule has 2 rings (SSSR count). The van der Waals surface area contributed by atoms with Gasteiger partial charge in [-0.1, -0.05) is 30.3 Å². The maximum atomic E-state index is 11.8. The molecule has 104 valence electrons. The lowest BCUT2D eigenvalue weighted by molar-refractivity contribution is -0.139. The monoisotopic (exact) mass is 276 g/mol. The number of nitrogens with zero attached hydrogens (tertiary/aromatic N) is 2. The van der Waals surface area contributed by atoms with Gasteiger partial charge in [-0.25, -0.2) is 9.42 Å². The number of carbonyl (C=O) groups excluding carboxylic acids is 1. The predicted octanol–water partition coefficient (Wildman–Crippen LogP) is 0.0775. The predicted molar refractivity (Wildman–Crippen MR) is 67.7 cm³/mol. The number of aliphatic carboxylic acids is 1. The Labute approximate surface area is 113 Å². The summed E-state index contributed by atoms with van der Waals surface area (Å²) in [7, 11) is 0. The highest BCUT2D eigenvalue weighted by molar-refractivity contribution is 5.98. The quantitative estimate of drug-likeness (QED) is 0.704. The summed E-state index contributed by atoms with van der Waals surface area (Å²) in [6, 6.07) is 7.84. The van der Waals surface area contributed by atoms with E-state index in [-0.39, 0.29) is 17.9 Å². The molecule has 0 unspecified atom stereocenters. The first-order chi connectivity index (χ1) is 9.58. The third-order valence-corrected chi connectivity index (χ3v) is 2.62. The number of nitrogens with two attached hydrogens (primary N) is 1. The van der Waals surface area contributed by atoms with E-state index in [1.807, 2.05) is 6.07 Å². The third-order valence-electron chi connectivity index (χ3n) is 2.62. The van der Waals surface area contributed by atoms with Gasteiger partial charge in [-0.2, -0.15) is 0 Å². The van der Waals surface area contributed by atoms with Crippen molar-refractivity contribution in [2.75, 3.05) is 5.73 Å². The summed E-state index contributed by atoms with van der Waals surface area (Å²) >= 11 is 0. The van der Waals surface area contributed by atoms with Gasteiger partial charge in [-0.15, -0.1) is 0 Å². The molecule has 0 saturated heterocycles. The molecule has 1 atom stereocenters. The molecular weight excluding hydrogens is 264 g/mol. The van der Waals surface area contributed by atoms with Gasteiger partial charge < -0.3 is 16.2 Å². The number of aromatic nitrogens is 2. The van der Waals surface area contributed by atoms with E-state index in [4.69, 9.17) is 10.8 Å². The van der Waals surface area contributed by atoms with E-state index in [1.54, 1.807) is 24.3 Å². The molecule has 0 aliphatic carbocycles. The molecule has 8 heteroatoms. The zero-order valence-corrected chi connectivity index (χ0v) is 10.3. The van der Waals surface area contributed by atoms with Crippen molar-refractivity contribution in [3.63, 3.8) is 0 Å². The molecule has 0 saturated carbocycles. The van der Waals surface area contributed by atoms with E-state index < -0.39 is 17.9 Å². The van der Waals surface area contributed by atoms with Crippen LogP contribution in [0.4, 0.5) is 5.82 Å². The number of carboxylic acid groups (broad SMARTS) is 1. The number of hydrogen-bond acceptors (Lipinski definition) is 6. The number of hydrogen-bond donors (Lipinski definition) is 3. The van der Waals surface area contributed by atoms with E-state index in [1.165, 1.54) is 0 Å². The minimum Gasteiger partial charge on any atom is -0.480 e. The Bertz CT molecular complexity index is 611. The zero-order valence-electron chi connectivity index (χ0n) is 10.3. The van der Waals surface area contributed by atoms with Crippen molar-refractivity contribution in [1.82, 2.24) is 15.6 Å². The smallest absolute Gasteiger partial charge is 0.326 e. The van der Waals surface area contributed by atoms with Gasteiger partial charge >= 0.3 is 5.97 Å². The van der Waals surface area contributed by atoms with Gasteiger partial charge in [0, 0.05) is 6.42 Å². The summed E-state index contributed by atoms with van der Waals surface area (Å²) in [6.07, 6.45) is 0.146. The Morgan fingerprint density at radius 1 is 1.30 bits per heavy atom. The molecular formula is C12H12N4O4. The van der Waals surface area contributed by atoms with Crippen LogP contribution in [0.1, 0.15) is 16.1 Å². The Balaban J connectivity index is 2.09. The van der Waals surface area contributed by atoms with Gasteiger partial charge in [-0.3, -0.25) is 4.79 Å². The molecule has 1 aromatic heterocycles. The number of anilines is 1. The molecule has 20 heavy (non-hydrogen) atoms. The first-order valence-electron chi connectivity index (χ1n) is 5.73. The van der Waals surface area contributed by atoms with Crippen LogP contribution in [0.15, 0.2) is 35.0 Å². The van der Waals surface area contributed by atoms with Gasteiger partial charge in [0.25, 0.3) is 5.91 Å². The molecule has 0 radical (unpaired) electrons. The van der Waals surface area contributed by atoms with Gasteiger partial charge in [0.15, 0.2) is 0 Å². The van der Waals surface area contributed by atoms with Crippen LogP contribution in [0.3, 0.4) is 0 Å². The first-order valence-corrected chi connectivity index (χ1v) is 5.73. The van der Waals surface area contributed by atoms with Crippen LogP contribution in [0.5, 0.6) is 0 Å². The van der Waals surface area contributed by atoms with Crippen LogP contribution in [0.2, 0.25) is 0 Å². The number of rotatable bonds is 5. The number of benzene rings is 1. The van der Waals surface area contributed by atoms with Crippen LogP contribution >= 0.6 is 0 Å². The average Bonchev–Trinajstić information content (AvgIpc) is 2.85. The van der Waals surface area contributed by atoms with Gasteiger partial charge in [0.2, 0.25) is 11.5 Å². The Morgan fingerprint density at radius 3 is 2.55 bits per heavy atom. The highest BCUT2D eigenvalue weighted by Gasteiger charge is 2.24. The average molecular weight is 276 g/mol. The van der Waals surface area contributed by atoms with E-state index in [2.05, 4.69) is 20.3 Å². The van der Waals surface area contributed by atoms with Gasteiger partial charge in [-0.05, 0) is 15.9 Å². The van der Waals surface area contributed by atoms with Gasteiger partial charge in [0.1, 0.15) is 6.04 Å². The van der Waals surface area contributed by atoms with Crippen molar-refractivity contribution in [1.29, 1.82) is 0 Å². The van der Waals surface area contributed by atoms with Crippen LogP contribution in [-0.2, 0) is 11.2 Å². The zero-order chi connectivity index (χ0) is 14.5. The fourth-order valence-electron chi connectivity index (χ4n) is 1.63. The minimum absolute atomic E-state index is 0.146. The number of carbonyl (C=O) groups is 2. The molecule has 1 heterocycles. The summed E-state index contributed by atoms with van der Waals surface area (Å²) in [5.74, 6) is -2.09. The van der Waals surface area contributed by atoms with Crippen molar-refractivity contribution >= 4 is 17.7 Å². The molecule has 4 N–H and O–H groups in total. The maximum Gasteiger partial charge on any atom is 0.326 e. The molecule has 0 spiro atoms. The summed E-state index contributed by atoms with van der Waals surface area (Å²) in [6.45, 7) is 0. The lowest BCUT2D eigenvalue weighted by atomic mass is 10.1. The second-order valence-electron chi connectivity index (χ2n) is 4.05. The largest absolute Gasteiger partial charge is 0.480 e. The molecule has 0 aliphatic heterocycles. The van der Waals surface area contributed by atoms with Crippen molar-refractivity contribution in [3.8, 4) is 0 Å². The second-order valence-corrected chi connectivity index (χ2v) is 4.05. The normalized spacial score (nSPS) is 11.8. The highest BCUT2D eigenvalue weighted by Crippen LogP contribution is 2.07. The summed E-state index contributed by atoms with van der Waals surface area (Å²) in [4.78, 5) is 23.0. The summed E-state index contributed by atoms with van der Waals surface area (Å²) < 4.78 is 4.29. The van der Waals surface area contributed by atoms with Crippen molar-refractivity contribution in [2.45, 2.75) is 12.5 Å². The summed E-state index contributed by atoms with van der Waals surface area (Å²) in [5, 5.41) is 18.0. The fourth-order valence-corrected chi connectivity index (χ4v) is 1.63.